The number of rotatable bonds is 3. The molecular formula is C19H18N2O5. The van der Waals surface area contributed by atoms with E-state index in [-0.39, 0.29) is 24.5 Å². The molecule has 2 aromatic carbocycles. The highest BCUT2D eigenvalue weighted by molar-refractivity contribution is 5.98. The number of fused-ring (bicyclic) bond motifs is 2. The normalized spacial score (nSPS) is 17.6. The number of para-hydroxylation sites is 2. The van der Waals surface area contributed by atoms with Gasteiger partial charge in [0.15, 0.2) is 24.2 Å². The van der Waals surface area contributed by atoms with Gasteiger partial charge in [-0.25, -0.2) is 0 Å². The summed E-state index contributed by atoms with van der Waals surface area (Å²) in [6.07, 6.45) is -0.244. The van der Waals surface area contributed by atoms with Gasteiger partial charge in [0, 0.05) is 12.6 Å². The molecule has 7 heteroatoms. The number of nitrogens with one attached hydrogen (secondary N) is 1. The van der Waals surface area contributed by atoms with E-state index in [1.165, 1.54) is 0 Å². The third-order valence-corrected chi connectivity index (χ3v) is 4.25. The molecule has 7 nitrogen and oxygen atoms in total. The van der Waals surface area contributed by atoms with Crippen LogP contribution in [0.1, 0.15) is 10.4 Å². The van der Waals surface area contributed by atoms with E-state index >= 15 is 0 Å². The second-order valence-corrected chi connectivity index (χ2v) is 6.23. The molecule has 0 fully saturated rings. The van der Waals surface area contributed by atoms with Crippen LogP contribution in [0.2, 0.25) is 0 Å². The lowest BCUT2D eigenvalue weighted by atomic mass is 10.1. The van der Waals surface area contributed by atoms with Crippen LogP contribution in [-0.2, 0) is 4.79 Å². The minimum atomic E-state index is -0.244. The molecular weight excluding hydrogens is 336 g/mol. The fourth-order valence-electron chi connectivity index (χ4n) is 2.97. The Morgan fingerprint density at radius 2 is 1.96 bits per heavy atom. The minimum absolute atomic E-state index is 0.0485. The van der Waals surface area contributed by atoms with Gasteiger partial charge in [-0.05, 0) is 30.3 Å². The topological polar surface area (TPSA) is 77.1 Å². The van der Waals surface area contributed by atoms with Crippen molar-refractivity contribution in [3.63, 3.8) is 0 Å². The Balaban J connectivity index is 1.43. The molecule has 2 aliphatic heterocycles. The van der Waals surface area contributed by atoms with Gasteiger partial charge in [0.1, 0.15) is 12.4 Å². The Hall–Kier alpha value is -3.22. The molecule has 0 aliphatic carbocycles. The molecule has 1 atom stereocenters. The Kier molecular flexibility index (Phi) is 4.12. The zero-order valence-corrected chi connectivity index (χ0v) is 14.2. The Morgan fingerprint density at radius 3 is 2.81 bits per heavy atom. The van der Waals surface area contributed by atoms with Crippen molar-refractivity contribution in [3.8, 4) is 17.2 Å². The van der Waals surface area contributed by atoms with E-state index in [0.29, 0.717) is 41.7 Å². The van der Waals surface area contributed by atoms with Crippen molar-refractivity contribution in [3.05, 3.63) is 48.0 Å². The SMILES string of the molecule is CN(C[C@@H]1COc2ccccc2O1)C(=O)c1ccc2c(c1)OCC(=O)N2. The molecule has 26 heavy (non-hydrogen) atoms. The van der Waals surface area contributed by atoms with Crippen LogP contribution < -0.4 is 19.5 Å². The lowest BCUT2D eigenvalue weighted by Gasteiger charge is -2.29. The van der Waals surface area contributed by atoms with Gasteiger partial charge in [-0.1, -0.05) is 12.1 Å². The van der Waals surface area contributed by atoms with Gasteiger partial charge >= 0.3 is 0 Å². The molecule has 0 aromatic heterocycles. The maximum atomic E-state index is 12.7. The van der Waals surface area contributed by atoms with Crippen LogP contribution in [0.5, 0.6) is 17.2 Å². The van der Waals surface area contributed by atoms with Gasteiger partial charge < -0.3 is 24.4 Å². The maximum absolute atomic E-state index is 12.7. The van der Waals surface area contributed by atoms with E-state index in [9.17, 15) is 9.59 Å². The van der Waals surface area contributed by atoms with Crippen molar-refractivity contribution in [2.24, 2.45) is 0 Å². The van der Waals surface area contributed by atoms with Crippen LogP contribution >= 0.6 is 0 Å². The molecule has 2 aromatic rings. The number of carbonyl (C=O) groups excluding carboxylic acids is 2. The monoisotopic (exact) mass is 354 g/mol. The lowest BCUT2D eigenvalue weighted by Crippen LogP contribution is -2.41. The van der Waals surface area contributed by atoms with Crippen molar-refractivity contribution in [2.75, 3.05) is 32.1 Å². The quantitative estimate of drug-likeness (QED) is 0.911. The fourth-order valence-corrected chi connectivity index (χ4v) is 2.97. The second-order valence-electron chi connectivity index (χ2n) is 6.23. The molecule has 2 aliphatic rings. The van der Waals surface area contributed by atoms with Crippen molar-refractivity contribution >= 4 is 17.5 Å². The molecule has 2 heterocycles. The second kappa shape index (κ2) is 6.59. The van der Waals surface area contributed by atoms with Crippen molar-refractivity contribution in [1.29, 1.82) is 0 Å². The van der Waals surface area contributed by atoms with E-state index in [4.69, 9.17) is 14.2 Å². The zero-order chi connectivity index (χ0) is 18.1. The highest BCUT2D eigenvalue weighted by atomic mass is 16.6. The Bertz CT molecular complexity index is 867. The number of hydrogen-bond donors (Lipinski definition) is 1. The first-order valence-electron chi connectivity index (χ1n) is 8.31. The summed E-state index contributed by atoms with van der Waals surface area (Å²) in [4.78, 5) is 25.6. The molecule has 134 valence electrons. The number of likely N-dealkylation sites (N-methyl/N-ethyl adjacent to an activating group) is 1. The number of amides is 2. The third-order valence-electron chi connectivity index (χ3n) is 4.25. The highest BCUT2D eigenvalue weighted by Crippen LogP contribution is 2.31. The maximum Gasteiger partial charge on any atom is 0.262 e. The Morgan fingerprint density at radius 1 is 1.15 bits per heavy atom. The first-order chi connectivity index (χ1) is 12.6. The zero-order valence-electron chi connectivity index (χ0n) is 14.2. The predicted molar refractivity (Wildman–Crippen MR) is 93.9 cm³/mol. The van der Waals surface area contributed by atoms with E-state index in [0.717, 1.165) is 0 Å². The lowest BCUT2D eigenvalue weighted by molar-refractivity contribution is -0.118. The molecule has 0 spiro atoms. The van der Waals surface area contributed by atoms with Crippen LogP contribution in [0, 0.1) is 0 Å². The number of anilines is 1. The van der Waals surface area contributed by atoms with Crippen LogP contribution in [0.3, 0.4) is 0 Å². The minimum Gasteiger partial charge on any atom is -0.486 e. The van der Waals surface area contributed by atoms with Crippen LogP contribution in [0.4, 0.5) is 5.69 Å². The van der Waals surface area contributed by atoms with Gasteiger partial charge in [-0.3, -0.25) is 9.59 Å². The third kappa shape index (κ3) is 3.15. The molecule has 0 saturated carbocycles. The average molecular weight is 354 g/mol. The largest absolute Gasteiger partial charge is 0.486 e. The number of benzene rings is 2. The summed E-state index contributed by atoms with van der Waals surface area (Å²) >= 11 is 0. The first kappa shape index (κ1) is 16.3. The molecule has 1 N–H and O–H groups in total. The number of ether oxygens (including phenoxy) is 3. The van der Waals surface area contributed by atoms with Gasteiger partial charge in [-0.15, -0.1) is 0 Å². The highest BCUT2D eigenvalue weighted by Gasteiger charge is 2.25. The standard InChI is InChI=1S/C19H18N2O5/c1-21(9-13-10-24-15-4-2-3-5-16(15)26-13)19(23)12-6-7-14-17(8-12)25-11-18(22)20-14/h2-8,13H,9-11H2,1H3,(H,20,22)/t13-/m1/s1. The first-order valence-corrected chi connectivity index (χ1v) is 8.31. The number of hydrogen-bond acceptors (Lipinski definition) is 5. The molecule has 2 amide bonds. The van der Waals surface area contributed by atoms with E-state index in [1.807, 2.05) is 24.3 Å². The summed E-state index contributed by atoms with van der Waals surface area (Å²) < 4.78 is 17.0. The van der Waals surface area contributed by atoms with Gasteiger partial charge in [-0.2, -0.15) is 0 Å². The summed E-state index contributed by atoms with van der Waals surface area (Å²) in [5.74, 6) is 1.53. The number of nitrogens with zero attached hydrogens (tertiary/aromatic N) is 1. The van der Waals surface area contributed by atoms with Gasteiger partial charge in [0.05, 0.1) is 12.2 Å². The van der Waals surface area contributed by atoms with Crippen LogP contribution in [0.25, 0.3) is 0 Å². The summed E-state index contributed by atoms with van der Waals surface area (Å²) in [5.41, 5.74) is 1.06. The summed E-state index contributed by atoms with van der Waals surface area (Å²) in [6, 6.07) is 12.4. The van der Waals surface area contributed by atoms with Crippen molar-refractivity contribution in [1.82, 2.24) is 4.90 Å². The predicted octanol–water partition coefficient (Wildman–Crippen LogP) is 1.93. The molecule has 0 saturated heterocycles. The summed E-state index contributed by atoms with van der Waals surface area (Å²) in [7, 11) is 1.72. The van der Waals surface area contributed by atoms with Crippen LogP contribution in [-0.4, -0.2) is 49.6 Å². The molecule has 0 radical (unpaired) electrons. The Labute approximate surface area is 150 Å². The van der Waals surface area contributed by atoms with Gasteiger partial charge in [0.25, 0.3) is 11.8 Å². The average Bonchev–Trinajstić information content (AvgIpc) is 2.67. The molecule has 4 rings (SSSR count). The van der Waals surface area contributed by atoms with E-state index < -0.39 is 0 Å². The van der Waals surface area contributed by atoms with Crippen LogP contribution in [0.15, 0.2) is 42.5 Å². The summed E-state index contributed by atoms with van der Waals surface area (Å²) in [6.45, 7) is 0.725. The molecule has 0 unspecified atom stereocenters. The smallest absolute Gasteiger partial charge is 0.262 e. The van der Waals surface area contributed by atoms with E-state index in [1.54, 1.807) is 30.1 Å². The van der Waals surface area contributed by atoms with E-state index in [2.05, 4.69) is 5.32 Å². The number of carbonyl (C=O) groups is 2. The van der Waals surface area contributed by atoms with Gasteiger partial charge in [0.2, 0.25) is 0 Å². The summed E-state index contributed by atoms with van der Waals surface area (Å²) in [5, 5.41) is 2.70. The fraction of sp³-hybridized carbons (Fsp3) is 0.263. The van der Waals surface area contributed by atoms with Crippen molar-refractivity contribution < 1.29 is 23.8 Å². The van der Waals surface area contributed by atoms with Crippen molar-refractivity contribution in [2.45, 2.75) is 6.10 Å². The molecule has 0 bridgehead atoms.